The average Bonchev–Trinajstić information content (AvgIpc) is 2.48. The van der Waals surface area contributed by atoms with Gasteiger partial charge in [-0.3, -0.25) is 0 Å². The summed E-state index contributed by atoms with van der Waals surface area (Å²) in [5, 5.41) is 0. The van der Waals surface area contributed by atoms with Gasteiger partial charge in [-0.2, -0.15) is 0 Å². The highest BCUT2D eigenvalue weighted by Gasteiger charge is 1.91. The zero-order valence-corrected chi connectivity index (χ0v) is 7.90. The molecular weight excluding hydrogens is 170 g/mol. The van der Waals surface area contributed by atoms with Crippen LogP contribution in [0.3, 0.4) is 0 Å². The molecule has 3 nitrogen and oxygen atoms in total. The van der Waals surface area contributed by atoms with E-state index in [0.717, 1.165) is 11.2 Å². The number of aromatic amines is 2. The van der Waals surface area contributed by atoms with Crippen LogP contribution in [0.1, 0.15) is 13.8 Å². The second-order valence-corrected chi connectivity index (χ2v) is 2.39. The lowest BCUT2D eigenvalue weighted by molar-refractivity contribution is 1.27. The van der Waals surface area contributed by atoms with Gasteiger partial charge in [0.05, 0.1) is 5.52 Å². The quantitative estimate of drug-likeness (QED) is 0.614. The molecule has 0 aliphatic heterocycles. The number of nitrogens with one attached hydrogen (secondary N) is 2. The molecular formula is C8H11N3S. The van der Waals surface area contributed by atoms with Crippen LogP contribution in [0, 0.1) is 4.77 Å². The number of hydrogen-bond donors (Lipinski definition) is 2. The van der Waals surface area contributed by atoms with Crippen molar-refractivity contribution >= 4 is 23.4 Å². The number of H-pyrrole nitrogens is 2. The van der Waals surface area contributed by atoms with E-state index in [4.69, 9.17) is 12.2 Å². The van der Waals surface area contributed by atoms with Crippen molar-refractivity contribution in [2.24, 2.45) is 0 Å². The van der Waals surface area contributed by atoms with Gasteiger partial charge in [-0.1, -0.05) is 13.8 Å². The van der Waals surface area contributed by atoms with Gasteiger partial charge in [0, 0.05) is 6.20 Å². The van der Waals surface area contributed by atoms with E-state index in [-0.39, 0.29) is 0 Å². The third-order valence-electron chi connectivity index (χ3n) is 1.29. The van der Waals surface area contributed by atoms with E-state index in [0.29, 0.717) is 4.77 Å². The lowest BCUT2D eigenvalue weighted by Crippen LogP contribution is -1.71. The molecule has 0 saturated carbocycles. The molecule has 0 aliphatic rings. The minimum absolute atomic E-state index is 0.619. The van der Waals surface area contributed by atoms with E-state index >= 15 is 0 Å². The molecule has 0 radical (unpaired) electrons. The van der Waals surface area contributed by atoms with Crippen LogP contribution in [-0.4, -0.2) is 15.0 Å². The number of aromatic nitrogens is 3. The molecule has 0 spiro atoms. The number of hydrogen-bond acceptors (Lipinski definition) is 2. The lowest BCUT2D eigenvalue weighted by atomic mass is 10.4. The van der Waals surface area contributed by atoms with Crippen molar-refractivity contribution in [1.29, 1.82) is 0 Å². The molecule has 4 heteroatoms. The summed E-state index contributed by atoms with van der Waals surface area (Å²) >= 11 is 4.86. The van der Waals surface area contributed by atoms with Gasteiger partial charge in [-0.15, -0.1) is 0 Å². The fraction of sp³-hybridized carbons (Fsp3) is 0.250. The van der Waals surface area contributed by atoms with E-state index < -0.39 is 0 Å². The summed E-state index contributed by atoms with van der Waals surface area (Å²) < 4.78 is 0.619. The lowest BCUT2D eigenvalue weighted by Gasteiger charge is -1.81. The Hall–Kier alpha value is -1.16. The van der Waals surface area contributed by atoms with E-state index in [1.807, 2.05) is 26.0 Å². The van der Waals surface area contributed by atoms with Crippen LogP contribution in [0.15, 0.2) is 18.3 Å². The van der Waals surface area contributed by atoms with E-state index in [1.165, 1.54) is 0 Å². The van der Waals surface area contributed by atoms with Gasteiger partial charge in [-0.05, 0) is 24.4 Å². The maximum Gasteiger partial charge on any atom is 0.176 e. The molecule has 12 heavy (non-hydrogen) atoms. The Bertz CT molecular complexity index is 366. The fourth-order valence-electron chi connectivity index (χ4n) is 0.867. The molecule has 0 unspecified atom stereocenters. The monoisotopic (exact) mass is 181 g/mol. The Morgan fingerprint density at radius 3 is 2.75 bits per heavy atom. The van der Waals surface area contributed by atoms with Gasteiger partial charge in [0.1, 0.15) is 0 Å². The first-order chi connectivity index (χ1) is 5.86. The average molecular weight is 181 g/mol. The molecule has 64 valence electrons. The Morgan fingerprint density at radius 1 is 1.33 bits per heavy atom. The maximum atomic E-state index is 4.86. The largest absolute Gasteiger partial charge is 0.329 e. The highest BCUT2D eigenvalue weighted by molar-refractivity contribution is 7.71. The molecule has 2 rings (SSSR count). The molecule has 0 fully saturated rings. The second kappa shape index (κ2) is 4.01. The molecule has 2 heterocycles. The van der Waals surface area contributed by atoms with Crippen molar-refractivity contribution in [3.05, 3.63) is 23.1 Å². The zero-order valence-electron chi connectivity index (χ0n) is 7.09. The maximum absolute atomic E-state index is 4.86. The van der Waals surface area contributed by atoms with E-state index in [1.54, 1.807) is 6.20 Å². The second-order valence-electron chi connectivity index (χ2n) is 1.98. The third kappa shape index (κ3) is 1.71. The molecule has 0 bridgehead atoms. The van der Waals surface area contributed by atoms with Crippen molar-refractivity contribution in [3.8, 4) is 0 Å². The molecule has 2 aromatic rings. The summed E-state index contributed by atoms with van der Waals surface area (Å²) in [7, 11) is 0. The summed E-state index contributed by atoms with van der Waals surface area (Å²) in [6.07, 6.45) is 1.72. The summed E-state index contributed by atoms with van der Waals surface area (Å²) in [4.78, 5) is 9.91. The minimum Gasteiger partial charge on any atom is -0.329 e. The summed E-state index contributed by atoms with van der Waals surface area (Å²) in [5.74, 6) is 0. The smallest absolute Gasteiger partial charge is 0.176 e. The van der Waals surface area contributed by atoms with Crippen LogP contribution < -0.4 is 0 Å². The fourth-order valence-corrected chi connectivity index (χ4v) is 1.07. The Morgan fingerprint density at radius 2 is 2.08 bits per heavy atom. The predicted molar refractivity (Wildman–Crippen MR) is 52.6 cm³/mol. The molecule has 0 atom stereocenters. The van der Waals surface area contributed by atoms with Gasteiger partial charge in [0.15, 0.2) is 10.4 Å². The van der Waals surface area contributed by atoms with Crippen LogP contribution in [0.5, 0.6) is 0 Å². The first kappa shape index (κ1) is 8.93. The number of pyridine rings is 1. The van der Waals surface area contributed by atoms with Crippen molar-refractivity contribution in [1.82, 2.24) is 15.0 Å². The Labute approximate surface area is 75.9 Å². The highest BCUT2D eigenvalue weighted by Crippen LogP contribution is 2.03. The van der Waals surface area contributed by atoms with Crippen LogP contribution in [-0.2, 0) is 0 Å². The number of imidazole rings is 1. The first-order valence-electron chi connectivity index (χ1n) is 3.89. The van der Waals surface area contributed by atoms with Crippen LogP contribution in [0.2, 0.25) is 0 Å². The Kier molecular flexibility index (Phi) is 2.99. The third-order valence-corrected chi connectivity index (χ3v) is 1.49. The predicted octanol–water partition coefficient (Wildman–Crippen LogP) is 2.65. The van der Waals surface area contributed by atoms with Crippen molar-refractivity contribution in [3.63, 3.8) is 0 Å². The van der Waals surface area contributed by atoms with Gasteiger partial charge < -0.3 is 9.97 Å². The number of rotatable bonds is 0. The molecule has 0 aliphatic carbocycles. The number of nitrogens with zero attached hydrogens (tertiary/aromatic N) is 1. The number of fused-ring (bicyclic) bond motifs is 1. The summed E-state index contributed by atoms with van der Waals surface area (Å²) in [5.41, 5.74) is 1.76. The van der Waals surface area contributed by atoms with Gasteiger partial charge in [0.2, 0.25) is 0 Å². The minimum atomic E-state index is 0.619. The molecule has 0 saturated heterocycles. The van der Waals surface area contributed by atoms with E-state index in [9.17, 15) is 0 Å². The zero-order chi connectivity index (χ0) is 8.97. The van der Waals surface area contributed by atoms with Crippen molar-refractivity contribution in [2.45, 2.75) is 13.8 Å². The molecule has 0 amide bonds. The van der Waals surface area contributed by atoms with Crippen LogP contribution in [0.25, 0.3) is 11.2 Å². The normalized spacial score (nSPS) is 9.17. The van der Waals surface area contributed by atoms with Crippen molar-refractivity contribution in [2.75, 3.05) is 0 Å². The van der Waals surface area contributed by atoms with Gasteiger partial charge >= 0.3 is 0 Å². The standard InChI is InChI=1S/C6H5N3S.C2H6/c10-6-8-4-2-1-3-7-5(4)9-6;1-2/h1-3H,(H2,7,8,9,10);1-2H3. The SMILES string of the molecule is CC.S=c1[nH]c2cccnc2[nH]1. The van der Waals surface area contributed by atoms with Gasteiger partial charge in [0.25, 0.3) is 0 Å². The highest BCUT2D eigenvalue weighted by atomic mass is 32.1. The Balaban J connectivity index is 0.000000336. The summed E-state index contributed by atoms with van der Waals surface area (Å²) in [6.45, 7) is 4.00. The van der Waals surface area contributed by atoms with Crippen molar-refractivity contribution < 1.29 is 0 Å². The molecule has 2 N–H and O–H groups in total. The molecule has 2 aromatic heterocycles. The summed E-state index contributed by atoms with van der Waals surface area (Å²) in [6, 6.07) is 3.79. The van der Waals surface area contributed by atoms with Crippen LogP contribution in [0.4, 0.5) is 0 Å². The van der Waals surface area contributed by atoms with E-state index in [2.05, 4.69) is 15.0 Å². The first-order valence-corrected chi connectivity index (χ1v) is 4.30. The van der Waals surface area contributed by atoms with Crippen LogP contribution >= 0.6 is 12.2 Å². The molecule has 0 aromatic carbocycles. The van der Waals surface area contributed by atoms with Gasteiger partial charge in [-0.25, -0.2) is 4.98 Å². The topological polar surface area (TPSA) is 44.5 Å².